The van der Waals surface area contributed by atoms with Crippen LogP contribution in [0, 0.1) is 12.8 Å². The summed E-state index contributed by atoms with van der Waals surface area (Å²) in [7, 11) is 0. The highest BCUT2D eigenvalue weighted by atomic mass is 16.5. The lowest BCUT2D eigenvalue weighted by Gasteiger charge is -2.14. The van der Waals surface area contributed by atoms with Gasteiger partial charge in [-0.3, -0.25) is 4.79 Å². The summed E-state index contributed by atoms with van der Waals surface area (Å²) in [6.07, 6.45) is 5.26. The van der Waals surface area contributed by atoms with Crippen LogP contribution in [0.5, 0.6) is 11.6 Å². The largest absolute Gasteiger partial charge is 0.439 e. The number of benzene rings is 1. The summed E-state index contributed by atoms with van der Waals surface area (Å²) in [5.74, 6) is 1.52. The minimum Gasteiger partial charge on any atom is -0.439 e. The van der Waals surface area contributed by atoms with E-state index in [4.69, 9.17) is 10.5 Å². The van der Waals surface area contributed by atoms with Gasteiger partial charge >= 0.3 is 0 Å². The van der Waals surface area contributed by atoms with Crippen LogP contribution in [0.3, 0.4) is 0 Å². The van der Waals surface area contributed by atoms with Crippen molar-refractivity contribution in [3.63, 3.8) is 0 Å². The number of carbonyl (C=O) groups excluding carboxylic acids is 1. The number of hydrogen-bond acceptors (Lipinski definition) is 4. The van der Waals surface area contributed by atoms with E-state index in [9.17, 15) is 4.79 Å². The van der Waals surface area contributed by atoms with Crippen LogP contribution < -0.4 is 15.8 Å². The number of nitrogens with zero attached hydrogens (tertiary/aromatic N) is 1. The molecule has 1 amide bonds. The summed E-state index contributed by atoms with van der Waals surface area (Å²) in [5.41, 5.74) is 7.86. The lowest BCUT2D eigenvalue weighted by molar-refractivity contribution is -0.117. The van der Waals surface area contributed by atoms with E-state index < -0.39 is 0 Å². The molecule has 5 nitrogen and oxygen atoms in total. The zero-order valence-electron chi connectivity index (χ0n) is 13.9. The quantitative estimate of drug-likeness (QED) is 0.880. The number of hydrogen-bond donors (Lipinski definition) is 2. The first-order valence-corrected chi connectivity index (χ1v) is 8.36. The van der Waals surface area contributed by atoms with E-state index in [2.05, 4.69) is 10.3 Å². The molecule has 1 heterocycles. The molecule has 5 heteroatoms. The molecular formula is C19H23N3O2. The predicted octanol–water partition coefficient (Wildman–Crippen LogP) is 3.64. The average molecular weight is 325 g/mol. The number of aromatic nitrogens is 1. The molecule has 126 valence electrons. The second-order valence-electron chi connectivity index (χ2n) is 6.41. The highest BCUT2D eigenvalue weighted by Gasteiger charge is 2.26. The van der Waals surface area contributed by atoms with Gasteiger partial charge in [0.15, 0.2) is 0 Å². The first-order valence-electron chi connectivity index (χ1n) is 8.36. The normalized spacial score (nSPS) is 19.9. The number of ether oxygens (including phenoxy) is 1. The molecular weight excluding hydrogens is 302 g/mol. The molecule has 0 aliphatic heterocycles. The Balaban J connectivity index is 1.54. The van der Waals surface area contributed by atoms with Crippen molar-refractivity contribution in [2.24, 2.45) is 11.7 Å². The number of pyridine rings is 1. The maximum absolute atomic E-state index is 12.1. The Morgan fingerprint density at radius 2 is 2.04 bits per heavy atom. The zero-order chi connectivity index (χ0) is 16.9. The topological polar surface area (TPSA) is 77.2 Å². The molecule has 1 aromatic heterocycles. The molecule has 0 radical (unpaired) electrons. The van der Waals surface area contributed by atoms with Gasteiger partial charge in [0.1, 0.15) is 5.75 Å². The van der Waals surface area contributed by atoms with Crippen molar-refractivity contribution in [1.82, 2.24) is 4.98 Å². The van der Waals surface area contributed by atoms with E-state index in [1.807, 2.05) is 31.2 Å². The van der Waals surface area contributed by atoms with Crippen molar-refractivity contribution < 1.29 is 9.53 Å². The highest BCUT2D eigenvalue weighted by molar-refractivity contribution is 5.90. The predicted molar refractivity (Wildman–Crippen MR) is 94.1 cm³/mol. The van der Waals surface area contributed by atoms with Gasteiger partial charge in [-0.05, 0) is 43.9 Å². The SMILES string of the molecule is Cc1ccc(Oc2ccc(NC(=O)C[C@@H]3CCC[C@H]3N)cn2)cc1. The van der Waals surface area contributed by atoms with Crippen molar-refractivity contribution in [2.45, 2.75) is 38.6 Å². The number of aryl methyl sites for hydroxylation is 1. The number of nitrogens with one attached hydrogen (secondary N) is 1. The molecule has 0 bridgehead atoms. The van der Waals surface area contributed by atoms with Gasteiger partial charge < -0.3 is 15.8 Å². The van der Waals surface area contributed by atoms with Crippen LogP contribution in [-0.2, 0) is 4.79 Å². The first kappa shape index (κ1) is 16.5. The minimum atomic E-state index is -0.00801. The van der Waals surface area contributed by atoms with Gasteiger partial charge in [-0.2, -0.15) is 0 Å². The van der Waals surface area contributed by atoms with Crippen LogP contribution in [0.25, 0.3) is 0 Å². The molecule has 1 aliphatic carbocycles. The Bertz CT molecular complexity index is 683. The van der Waals surface area contributed by atoms with E-state index in [1.165, 1.54) is 5.56 Å². The van der Waals surface area contributed by atoms with Crippen LogP contribution in [0.2, 0.25) is 0 Å². The second-order valence-corrected chi connectivity index (χ2v) is 6.41. The third kappa shape index (κ3) is 4.32. The fourth-order valence-electron chi connectivity index (χ4n) is 3.01. The Hall–Kier alpha value is -2.40. The monoisotopic (exact) mass is 325 g/mol. The Labute approximate surface area is 142 Å². The average Bonchev–Trinajstić information content (AvgIpc) is 2.96. The van der Waals surface area contributed by atoms with Crippen LogP contribution >= 0.6 is 0 Å². The molecule has 0 unspecified atom stereocenters. The van der Waals surface area contributed by atoms with E-state index in [-0.39, 0.29) is 11.9 Å². The van der Waals surface area contributed by atoms with Crippen molar-refractivity contribution in [3.05, 3.63) is 48.2 Å². The number of carbonyl (C=O) groups is 1. The highest BCUT2D eigenvalue weighted by Crippen LogP contribution is 2.27. The van der Waals surface area contributed by atoms with Crippen molar-refractivity contribution in [2.75, 3.05) is 5.32 Å². The molecule has 0 saturated heterocycles. The molecule has 3 rings (SSSR count). The van der Waals surface area contributed by atoms with Gasteiger partial charge in [0.2, 0.25) is 11.8 Å². The second kappa shape index (κ2) is 7.45. The maximum atomic E-state index is 12.1. The summed E-state index contributed by atoms with van der Waals surface area (Å²) < 4.78 is 5.67. The molecule has 24 heavy (non-hydrogen) atoms. The summed E-state index contributed by atoms with van der Waals surface area (Å²) in [6.45, 7) is 2.03. The summed E-state index contributed by atoms with van der Waals surface area (Å²) >= 11 is 0. The Morgan fingerprint density at radius 3 is 2.67 bits per heavy atom. The molecule has 1 aromatic carbocycles. The summed E-state index contributed by atoms with van der Waals surface area (Å²) in [4.78, 5) is 16.3. The van der Waals surface area contributed by atoms with Gasteiger partial charge in [0.05, 0.1) is 11.9 Å². The minimum absolute atomic E-state index is 0.00801. The zero-order valence-corrected chi connectivity index (χ0v) is 13.9. The lowest BCUT2D eigenvalue weighted by Crippen LogP contribution is -2.28. The van der Waals surface area contributed by atoms with E-state index in [1.54, 1.807) is 18.3 Å². The van der Waals surface area contributed by atoms with Crippen LogP contribution in [0.4, 0.5) is 5.69 Å². The maximum Gasteiger partial charge on any atom is 0.224 e. The van der Waals surface area contributed by atoms with Crippen molar-refractivity contribution in [3.8, 4) is 11.6 Å². The molecule has 2 aromatic rings. The molecule has 1 aliphatic rings. The molecule has 1 saturated carbocycles. The van der Waals surface area contributed by atoms with Crippen LogP contribution in [0.15, 0.2) is 42.6 Å². The van der Waals surface area contributed by atoms with Gasteiger partial charge in [0, 0.05) is 18.5 Å². The Morgan fingerprint density at radius 1 is 1.25 bits per heavy atom. The van der Waals surface area contributed by atoms with E-state index >= 15 is 0 Å². The lowest BCUT2D eigenvalue weighted by atomic mass is 10.00. The van der Waals surface area contributed by atoms with Crippen LogP contribution in [-0.4, -0.2) is 16.9 Å². The fraction of sp³-hybridized carbons (Fsp3) is 0.368. The van der Waals surface area contributed by atoms with E-state index in [0.717, 1.165) is 25.0 Å². The fourth-order valence-corrected chi connectivity index (χ4v) is 3.01. The molecule has 2 atom stereocenters. The smallest absolute Gasteiger partial charge is 0.224 e. The summed E-state index contributed by atoms with van der Waals surface area (Å²) in [6, 6.07) is 11.5. The Kier molecular flexibility index (Phi) is 5.11. The molecule has 3 N–H and O–H groups in total. The van der Waals surface area contributed by atoms with Gasteiger partial charge in [-0.25, -0.2) is 4.98 Å². The number of amides is 1. The van der Waals surface area contributed by atoms with Crippen molar-refractivity contribution >= 4 is 11.6 Å². The van der Waals surface area contributed by atoms with Crippen molar-refractivity contribution in [1.29, 1.82) is 0 Å². The van der Waals surface area contributed by atoms with Crippen LogP contribution in [0.1, 0.15) is 31.2 Å². The molecule has 1 fully saturated rings. The number of rotatable bonds is 5. The van der Waals surface area contributed by atoms with Gasteiger partial charge in [-0.1, -0.05) is 24.1 Å². The number of nitrogens with two attached hydrogens (primary N) is 1. The van der Waals surface area contributed by atoms with Gasteiger partial charge in [-0.15, -0.1) is 0 Å². The summed E-state index contributed by atoms with van der Waals surface area (Å²) in [5, 5.41) is 2.88. The third-order valence-corrected chi connectivity index (χ3v) is 4.43. The standard InChI is InChI=1S/C19H23N3O2/c1-13-5-8-16(9-6-13)24-19-10-7-15(12-21-19)22-18(23)11-14-3-2-4-17(14)20/h5-10,12,14,17H,2-4,11,20H2,1H3,(H,22,23)/t14-,17+/m0/s1. The first-order chi connectivity index (χ1) is 11.6. The van der Waals surface area contributed by atoms with Gasteiger partial charge in [0.25, 0.3) is 0 Å². The number of anilines is 1. The van der Waals surface area contributed by atoms with E-state index in [0.29, 0.717) is 23.9 Å². The third-order valence-electron chi connectivity index (χ3n) is 4.43. The molecule has 0 spiro atoms.